The zero-order valence-corrected chi connectivity index (χ0v) is 12.8. The molecule has 0 N–H and O–H groups in total. The number of fused-ring (bicyclic) bond motifs is 1. The van der Waals surface area contributed by atoms with E-state index < -0.39 is 4.92 Å². The molecule has 0 fully saturated rings. The lowest BCUT2D eigenvalue weighted by Gasteiger charge is -2.09. The Morgan fingerprint density at radius 3 is 2.78 bits per heavy atom. The monoisotopic (exact) mass is 306 g/mol. The Labute approximate surface area is 132 Å². The van der Waals surface area contributed by atoms with Crippen molar-refractivity contribution in [3.63, 3.8) is 0 Å². The van der Waals surface area contributed by atoms with Crippen molar-refractivity contribution in [1.82, 2.24) is 9.78 Å². The van der Waals surface area contributed by atoms with Gasteiger partial charge in [-0.25, -0.2) is 4.85 Å². The molecule has 0 unspecified atom stereocenters. The molecule has 3 rings (SSSR count). The lowest BCUT2D eigenvalue weighted by atomic mass is 10.1. The minimum absolute atomic E-state index is 0.0360. The van der Waals surface area contributed by atoms with Gasteiger partial charge in [0.1, 0.15) is 0 Å². The van der Waals surface area contributed by atoms with E-state index in [0.29, 0.717) is 17.7 Å². The van der Waals surface area contributed by atoms with E-state index in [1.807, 2.05) is 26.0 Å². The van der Waals surface area contributed by atoms with E-state index in [1.165, 1.54) is 12.1 Å². The number of rotatable bonds is 3. The number of nitrogens with zero attached hydrogens (tertiary/aromatic N) is 4. The van der Waals surface area contributed by atoms with E-state index in [4.69, 9.17) is 6.57 Å². The second kappa shape index (κ2) is 5.54. The molecule has 0 saturated carbocycles. The lowest BCUT2D eigenvalue weighted by molar-refractivity contribution is -0.384. The van der Waals surface area contributed by atoms with Crippen molar-refractivity contribution in [3.05, 3.63) is 74.8 Å². The highest BCUT2D eigenvalue weighted by atomic mass is 16.6. The van der Waals surface area contributed by atoms with Crippen LogP contribution < -0.4 is 0 Å². The number of hydrogen-bond acceptors (Lipinski definition) is 3. The Bertz CT molecular complexity index is 967. The maximum atomic E-state index is 11.0. The molecule has 0 aliphatic heterocycles. The molecular weight excluding hydrogens is 292 g/mol. The molecule has 6 nitrogen and oxygen atoms in total. The Morgan fingerprint density at radius 1 is 1.30 bits per heavy atom. The van der Waals surface area contributed by atoms with Gasteiger partial charge in [0.15, 0.2) is 5.69 Å². The van der Waals surface area contributed by atoms with Gasteiger partial charge < -0.3 is 0 Å². The van der Waals surface area contributed by atoms with Gasteiger partial charge >= 0.3 is 0 Å². The molecule has 3 aromatic rings. The minimum atomic E-state index is -0.412. The maximum absolute atomic E-state index is 11.0. The fourth-order valence-electron chi connectivity index (χ4n) is 2.71. The second-order valence-electron chi connectivity index (χ2n) is 5.39. The zero-order chi connectivity index (χ0) is 16.6. The predicted octanol–water partition coefficient (Wildman–Crippen LogP) is 4.16. The van der Waals surface area contributed by atoms with Crippen LogP contribution in [0.5, 0.6) is 0 Å². The molecule has 6 heteroatoms. The van der Waals surface area contributed by atoms with E-state index in [1.54, 1.807) is 16.8 Å². The number of aryl methyl sites for hydroxylation is 2. The highest BCUT2D eigenvalue weighted by molar-refractivity contribution is 5.84. The van der Waals surface area contributed by atoms with E-state index in [9.17, 15) is 10.1 Å². The Balaban J connectivity index is 2.16. The van der Waals surface area contributed by atoms with Gasteiger partial charge in [0.05, 0.1) is 29.3 Å². The van der Waals surface area contributed by atoms with E-state index in [0.717, 1.165) is 22.2 Å². The maximum Gasteiger partial charge on any atom is 0.271 e. The molecule has 0 radical (unpaired) electrons. The van der Waals surface area contributed by atoms with Crippen LogP contribution in [-0.2, 0) is 6.54 Å². The largest absolute Gasteiger partial charge is 0.271 e. The summed E-state index contributed by atoms with van der Waals surface area (Å²) < 4.78 is 1.73. The summed E-state index contributed by atoms with van der Waals surface area (Å²) in [6.45, 7) is 11.5. The molecule has 0 atom stereocenters. The number of non-ortho nitro benzene ring substituents is 1. The van der Waals surface area contributed by atoms with Gasteiger partial charge in [0.25, 0.3) is 5.69 Å². The molecule has 0 spiro atoms. The summed E-state index contributed by atoms with van der Waals surface area (Å²) >= 11 is 0. The average molecular weight is 306 g/mol. The molecule has 0 amide bonds. The van der Waals surface area contributed by atoms with Crippen molar-refractivity contribution >= 4 is 22.3 Å². The molecule has 1 heterocycles. The van der Waals surface area contributed by atoms with Gasteiger partial charge in [-0.3, -0.25) is 14.8 Å². The first-order chi connectivity index (χ1) is 11.0. The van der Waals surface area contributed by atoms with Crippen molar-refractivity contribution in [3.8, 4) is 0 Å². The number of benzene rings is 2. The first-order valence-electron chi connectivity index (χ1n) is 7.09. The summed E-state index contributed by atoms with van der Waals surface area (Å²) in [6, 6.07) is 10.3. The Hall–Kier alpha value is -3.20. The van der Waals surface area contributed by atoms with E-state index in [2.05, 4.69) is 9.94 Å². The van der Waals surface area contributed by atoms with Gasteiger partial charge in [-0.1, -0.05) is 23.8 Å². The summed E-state index contributed by atoms with van der Waals surface area (Å²) in [4.78, 5) is 14.2. The molecule has 0 aliphatic rings. The molecular formula is C17H14N4O2. The van der Waals surface area contributed by atoms with Crippen LogP contribution in [0.25, 0.3) is 15.7 Å². The fourth-order valence-corrected chi connectivity index (χ4v) is 2.71. The summed E-state index contributed by atoms with van der Waals surface area (Å²) in [5.41, 5.74) is 4.03. The molecule has 0 saturated heterocycles. The van der Waals surface area contributed by atoms with Crippen LogP contribution in [0.4, 0.5) is 11.4 Å². The highest BCUT2D eigenvalue weighted by Gasteiger charge is 2.15. The van der Waals surface area contributed by atoms with E-state index in [-0.39, 0.29) is 5.69 Å². The number of hydrogen-bond donors (Lipinski definition) is 0. The third kappa shape index (κ3) is 2.53. The summed E-state index contributed by atoms with van der Waals surface area (Å²) in [5.74, 6) is 0. The van der Waals surface area contributed by atoms with E-state index >= 15 is 0 Å². The molecule has 0 aliphatic carbocycles. The lowest BCUT2D eigenvalue weighted by Crippen LogP contribution is -2.04. The smallest absolute Gasteiger partial charge is 0.261 e. The summed E-state index contributed by atoms with van der Waals surface area (Å²) in [6.07, 6.45) is 0. The summed E-state index contributed by atoms with van der Waals surface area (Å²) in [5, 5.41) is 16.4. The number of nitro benzene ring substituents is 1. The van der Waals surface area contributed by atoms with Gasteiger partial charge in [-0.2, -0.15) is 5.10 Å². The number of nitro groups is 1. The van der Waals surface area contributed by atoms with Gasteiger partial charge in [0.2, 0.25) is 0 Å². The third-order valence-corrected chi connectivity index (χ3v) is 3.94. The topological polar surface area (TPSA) is 65.3 Å². The second-order valence-corrected chi connectivity index (χ2v) is 5.39. The molecule has 114 valence electrons. The molecule has 23 heavy (non-hydrogen) atoms. The van der Waals surface area contributed by atoms with Crippen molar-refractivity contribution < 1.29 is 4.92 Å². The van der Waals surface area contributed by atoms with Gasteiger partial charge in [-0.05, 0) is 25.5 Å². The Kier molecular flexibility index (Phi) is 3.54. The first-order valence-corrected chi connectivity index (χ1v) is 7.09. The average Bonchev–Trinajstić information content (AvgIpc) is 2.85. The van der Waals surface area contributed by atoms with Crippen LogP contribution in [0, 0.1) is 30.5 Å². The van der Waals surface area contributed by atoms with Crippen molar-refractivity contribution in [1.29, 1.82) is 0 Å². The third-order valence-electron chi connectivity index (χ3n) is 3.94. The van der Waals surface area contributed by atoms with Crippen LogP contribution >= 0.6 is 0 Å². The van der Waals surface area contributed by atoms with Crippen molar-refractivity contribution in [2.24, 2.45) is 0 Å². The van der Waals surface area contributed by atoms with Crippen LogP contribution in [0.2, 0.25) is 0 Å². The standard InChI is InChI=1S/C17H14N4O2/c1-11-5-4-6-16(18-3)15(11)10-20-17-9-13(21(22)23)7-8-14(17)12(2)19-20/h4-9H,10H2,1-2H3. The molecule has 2 aromatic carbocycles. The number of aromatic nitrogens is 2. The Morgan fingerprint density at radius 2 is 2.09 bits per heavy atom. The highest BCUT2D eigenvalue weighted by Crippen LogP contribution is 2.27. The van der Waals surface area contributed by atoms with Crippen LogP contribution in [-0.4, -0.2) is 14.7 Å². The SMILES string of the molecule is [C-]#[N+]c1cccc(C)c1Cn1nc(C)c2ccc([N+](=O)[O-])cc21. The zero-order valence-electron chi connectivity index (χ0n) is 12.8. The molecule has 0 bridgehead atoms. The van der Waals surface area contributed by atoms with Crippen LogP contribution in [0.15, 0.2) is 36.4 Å². The van der Waals surface area contributed by atoms with Gasteiger partial charge in [-0.15, -0.1) is 0 Å². The minimum Gasteiger partial charge on any atom is -0.261 e. The summed E-state index contributed by atoms with van der Waals surface area (Å²) in [7, 11) is 0. The van der Waals surface area contributed by atoms with Crippen LogP contribution in [0.1, 0.15) is 16.8 Å². The molecule has 1 aromatic heterocycles. The van der Waals surface area contributed by atoms with Crippen molar-refractivity contribution in [2.45, 2.75) is 20.4 Å². The first kappa shape index (κ1) is 14.7. The predicted molar refractivity (Wildman–Crippen MR) is 87.7 cm³/mol. The van der Waals surface area contributed by atoms with Crippen LogP contribution in [0.3, 0.4) is 0 Å². The van der Waals surface area contributed by atoms with Crippen molar-refractivity contribution in [2.75, 3.05) is 0 Å². The van der Waals surface area contributed by atoms with Gasteiger partial charge in [0, 0.05) is 17.5 Å². The fraction of sp³-hybridized carbons (Fsp3) is 0.176. The normalized spacial score (nSPS) is 10.7. The quantitative estimate of drug-likeness (QED) is 0.414.